The minimum atomic E-state index is -1.33. The summed E-state index contributed by atoms with van der Waals surface area (Å²) in [7, 11) is -2.65. The van der Waals surface area contributed by atoms with Gasteiger partial charge < -0.3 is 17.3 Å². The predicted octanol–water partition coefficient (Wildman–Crippen LogP) is 14.4. The van der Waals surface area contributed by atoms with Crippen LogP contribution in [0.3, 0.4) is 0 Å². The van der Waals surface area contributed by atoms with Crippen molar-refractivity contribution < 1.29 is 49.2 Å². The van der Waals surface area contributed by atoms with Crippen molar-refractivity contribution in [1.29, 1.82) is 0 Å². The molecule has 13 aromatic rings. The van der Waals surface area contributed by atoms with Crippen molar-refractivity contribution in [3.63, 3.8) is 0 Å². The first-order valence-electron chi connectivity index (χ1n) is 23.7. The van der Waals surface area contributed by atoms with Crippen LogP contribution in [0.5, 0.6) is 0 Å². The molecular formula is C68H46Ag2OP2+2. The Morgan fingerprint density at radius 3 is 1.00 bits per heavy atom. The van der Waals surface area contributed by atoms with Gasteiger partial charge in [0.2, 0.25) is 0 Å². The molecule has 0 saturated heterocycles. The SMILES string of the molecule is [Ag+].[Ag+].[C-]#Cc1ccc2cc3ccccc3cc2c1.[C-]#Cc1ccc2cc3ccccc3cc2c1.c1ccc([PH+](c2ccccc2)c2cc3oc4ccccc4c3cc2[PH+](c2ccccc2)c2ccccc2)cc1. The van der Waals surface area contributed by atoms with Crippen LogP contribution in [0.2, 0.25) is 0 Å². The summed E-state index contributed by atoms with van der Waals surface area (Å²) in [4.78, 5) is 0. The van der Waals surface area contributed by atoms with Gasteiger partial charge in [-0.3, -0.25) is 11.8 Å². The summed E-state index contributed by atoms with van der Waals surface area (Å²) in [5.74, 6) is 4.83. The fourth-order valence-electron chi connectivity index (χ4n) is 9.60. The minimum absolute atomic E-state index is 0. The quantitative estimate of drug-likeness (QED) is 0.0532. The van der Waals surface area contributed by atoms with Gasteiger partial charge >= 0.3 is 44.8 Å². The predicted molar refractivity (Wildman–Crippen MR) is 309 cm³/mol. The summed E-state index contributed by atoms with van der Waals surface area (Å²) in [5, 5.41) is 20.5. The van der Waals surface area contributed by atoms with Gasteiger partial charge in [-0.15, -0.1) is 35.4 Å². The van der Waals surface area contributed by atoms with Gasteiger partial charge in [-0.2, -0.15) is 0 Å². The molecule has 0 atom stereocenters. The van der Waals surface area contributed by atoms with Crippen LogP contribution in [-0.4, -0.2) is 0 Å². The van der Waals surface area contributed by atoms with Gasteiger partial charge in [0, 0.05) is 16.8 Å². The van der Waals surface area contributed by atoms with E-state index in [1.54, 1.807) is 0 Å². The van der Waals surface area contributed by atoms with Gasteiger partial charge in [-0.05, 0) is 128 Å². The number of hydrogen-bond acceptors (Lipinski definition) is 1. The molecule has 0 spiro atoms. The fourth-order valence-corrected chi connectivity index (χ4v) is 15.6. The Labute approximate surface area is 460 Å². The molecule has 0 amide bonds. The van der Waals surface area contributed by atoms with Crippen molar-refractivity contribution in [2.75, 3.05) is 0 Å². The van der Waals surface area contributed by atoms with Crippen molar-refractivity contribution in [3.8, 4) is 11.8 Å². The molecule has 1 heterocycles. The Morgan fingerprint density at radius 2 is 0.603 bits per heavy atom. The molecule has 0 bridgehead atoms. The first kappa shape index (κ1) is 50.9. The Hall–Kier alpha value is -7.06. The average Bonchev–Trinajstić information content (AvgIpc) is 3.80. The van der Waals surface area contributed by atoms with Crippen LogP contribution >= 0.6 is 15.8 Å². The monoisotopic (exact) mass is 1150 g/mol. The summed E-state index contributed by atoms with van der Waals surface area (Å²) < 4.78 is 6.49. The number of furan rings is 1. The number of para-hydroxylation sites is 1. The van der Waals surface area contributed by atoms with E-state index in [2.05, 4.69) is 218 Å². The van der Waals surface area contributed by atoms with Gasteiger partial charge in [-0.1, -0.05) is 152 Å². The molecule has 0 N–H and O–H groups in total. The molecule has 0 saturated carbocycles. The Kier molecular flexibility index (Phi) is 16.5. The van der Waals surface area contributed by atoms with Crippen molar-refractivity contribution >= 4 is 113 Å². The summed E-state index contributed by atoms with van der Waals surface area (Å²) in [6.45, 7) is 0. The first-order valence-corrected chi connectivity index (χ1v) is 26.7. The Balaban J connectivity index is 0.000000158. The van der Waals surface area contributed by atoms with E-state index in [1.165, 1.54) is 74.9 Å². The smallest absolute Gasteiger partial charge is 0.456 e. The third kappa shape index (κ3) is 11.1. The normalized spacial score (nSPS) is 10.7. The second-order valence-corrected chi connectivity index (χ2v) is 22.4. The molecule has 1 aromatic heterocycles. The average molecular weight is 1160 g/mol. The van der Waals surface area contributed by atoms with Crippen molar-refractivity contribution in [1.82, 2.24) is 0 Å². The summed E-state index contributed by atoms with van der Waals surface area (Å²) >= 11 is 0. The van der Waals surface area contributed by atoms with Gasteiger partial charge in [0.25, 0.3) is 0 Å². The van der Waals surface area contributed by atoms with Crippen LogP contribution in [0.15, 0.2) is 271 Å². The Bertz CT molecular complexity index is 3880. The zero-order valence-electron chi connectivity index (χ0n) is 39.4. The number of benzene rings is 12. The van der Waals surface area contributed by atoms with Gasteiger partial charge in [0.1, 0.15) is 58.8 Å². The van der Waals surface area contributed by atoms with Crippen molar-refractivity contribution in [2.45, 2.75) is 0 Å². The summed E-state index contributed by atoms with van der Waals surface area (Å²) in [6, 6.07) is 94.7. The molecule has 354 valence electrons. The van der Waals surface area contributed by atoms with E-state index in [1.807, 2.05) is 60.7 Å². The molecule has 0 unspecified atom stereocenters. The topological polar surface area (TPSA) is 13.1 Å². The standard InChI is InChI=1S/C36H26OP2.2C16H9.2Ag/c1-5-15-27(16-6-1)38(28-17-7-2-8-18-28)35-25-32-31-23-13-14-24-33(31)37-34(32)26-36(35)39(29-19-9-3-10-20-29)30-21-11-4-12-22-30;2*1-2-12-7-8-15-10-13-5-3-4-6-14(13)11-16(15)9-12;;/h1-26H;2*3-11H;;/q;2*-1;2*+1/p+2. The number of hydrogen-bond donors (Lipinski definition) is 0. The van der Waals surface area contributed by atoms with E-state index in [0.717, 1.165) is 33.1 Å². The molecule has 73 heavy (non-hydrogen) atoms. The van der Waals surface area contributed by atoms with E-state index < -0.39 is 15.8 Å². The molecule has 12 aromatic carbocycles. The fraction of sp³-hybridized carbons (Fsp3) is 0. The van der Waals surface area contributed by atoms with E-state index in [-0.39, 0.29) is 44.8 Å². The Morgan fingerprint density at radius 1 is 0.274 bits per heavy atom. The van der Waals surface area contributed by atoms with Crippen LogP contribution < -0.4 is 31.8 Å². The molecule has 0 aliphatic rings. The van der Waals surface area contributed by atoms with Crippen molar-refractivity contribution in [2.24, 2.45) is 0 Å². The molecular weight excluding hydrogens is 1110 g/mol. The van der Waals surface area contributed by atoms with Crippen molar-refractivity contribution in [3.05, 3.63) is 291 Å². The maximum atomic E-state index is 7.13. The van der Waals surface area contributed by atoms with E-state index in [9.17, 15) is 0 Å². The zero-order chi connectivity index (χ0) is 47.9. The molecule has 0 radical (unpaired) electrons. The molecule has 5 heteroatoms. The van der Waals surface area contributed by atoms with Crippen LogP contribution in [0.4, 0.5) is 0 Å². The maximum Gasteiger partial charge on any atom is 1.00 e. The number of rotatable bonds is 6. The molecule has 0 fully saturated rings. The van der Waals surface area contributed by atoms with Gasteiger partial charge in [-0.25, -0.2) is 0 Å². The van der Waals surface area contributed by atoms with Crippen LogP contribution in [0.1, 0.15) is 11.1 Å². The molecule has 1 nitrogen and oxygen atoms in total. The molecule has 0 aliphatic heterocycles. The summed E-state index contributed by atoms with van der Waals surface area (Å²) in [5.41, 5.74) is 3.55. The largest absolute Gasteiger partial charge is 1.00 e. The van der Waals surface area contributed by atoms with E-state index in [0.29, 0.717) is 0 Å². The maximum absolute atomic E-state index is 7.13. The van der Waals surface area contributed by atoms with Gasteiger partial charge in [0.15, 0.2) is 0 Å². The molecule has 0 aliphatic carbocycles. The minimum Gasteiger partial charge on any atom is -0.456 e. The van der Waals surface area contributed by atoms with Crippen LogP contribution in [-0.2, 0) is 44.8 Å². The zero-order valence-corrected chi connectivity index (χ0v) is 44.4. The molecule has 13 rings (SSSR count). The second-order valence-electron chi connectivity index (χ2n) is 17.5. The third-order valence-corrected chi connectivity index (χ3v) is 18.8. The van der Waals surface area contributed by atoms with Crippen LogP contribution in [0, 0.1) is 24.7 Å². The second kappa shape index (κ2) is 23.7. The third-order valence-electron chi connectivity index (χ3n) is 13.0. The summed E-state index contributed by atoms with van der Waals surface area (Å²) in [6.07, 6.45) is 14.3. The van der Waals surface area contributed by atoms with E-state index >= 15 is 0 Å². The van der Waals surface area contributed by atoms with Gasteiger partial charge in [0.05, 0.1) is 0 Å². The first-order chi connectivity index (χ1) is 35.1. The van der Waals surface area contributed by atoms with Crippen LogP contribution in [0.25, 0.3) is 65.0 Å². The van der Waals surface area contributed by atoms with E-state index in [4.69, 9.17) is 17.3 Å². The number of fused-ring (bicyclic) bond motifs is 7.